The highest BCUT2D eigenvalue weighted by atomic mass is 16.5. The molecule has 17 heavy (non-hydrogen) atoms. The molecule has 1 aliphatic rings. The molecule has 0 saturated heterocycles. The average molecular weight is 241 g/mol. The molecule has 0 spiro atoms. The van der Waals surface area contributed by atoms with Gasteiger partial charge in [0.25, 0.3) is 0 Å². The van der Waals surface area contributed by atoms with Crippen LogP contribution in [0.5, 0.6) is 0 Å². The van der Waals surface area contributed by atoms with Gasteiger partial charge in [-0.25, -0.2) is 4.79 Å². The standard InChI is InChI=1S/C13H23NO3/c1-3-4-10-17-12(16)14-13(11(2)15)8-6-5-7-9-13/h3-10H2,1-2H3,(H,14,16). The summed E-state index contributed by atoms with van der Waals surface area (Å²) < 4.78 is 5.06. The summed E-state index contributed by atoms with van der Waals surface area (Å²) >= 11 is 0. The number of hydrogen-bond acceptors (Lipinski definition) is 3. The van der Waals surface area contributed by atoms with Crippen molar-refractivity contribution < 1.29 is 14.3 Å². The van der Waals surface area contributed by atoms with Gasteiger partial charge in [0.15, 0.2) is 5.78 Å². The van der Waals surface area contributed by atoms with E-state index in [0.717, 1.165) is 44.9 Å². The van der Waals surface area contributed by atoms with Crippen molar-refractivity contribution in [1.82, 2.24) is 5.32 Å². The number of hydrogen-bond donors (Lipinski definition) is 1. The van der Waals surface area contributed by atoms with Crippen LogP contribution in [-0.2, 0) is 9.53 Å². The smallest absolute Gasteiger partial charge is 0.407 e. The Morgan fingerprint density at radius 3 is 2.41 bits per heavy atom. The maximum atomic E-state index is 11.7. The fourth-order valence-corrected chi connectivity index (χ4v) is 2.26. The van der Waals surface area contributed by atoms with E-state index in [4.69, 9.17) is 4.74 Å². The van der Waals surface area contributed by atoms with Crippen molar-refractivity contribution in [1.29, 1.82) is 0 Å². The van der Waals surface area contributed by atoms with Gasteiger partial charge in [-0.1, -0.05) is 32.6 Å². The van der Waals surface area contributed by atoms with Gasteiger partial charge in [-0.2, -0.15) is 0 Å². The number of carbonyl (C=O) groups excluding carboxylic acids is 2. The van der Waals surface area contributed by atoms with E-state index in [2.05, 4.69) is 5.32 Å². The predicted molar refractivity (Wildman–Crippen MR) is 65.9 cm³/mol. The van der Waals surface area contributed by atoms with Crippen LogP contribution in [0.1, 0.15) is 58.8 Å². The maximum absolute atomic E-state index is 11.7. The number of carbonyl (C=O) groups is 2. The number of ether oxygens (including phenoxy) is 1. The molecule has 0 heterocycles. The molecule has 4 heteroatoms. The Kier molecular flexibility index (Phi) is 5.45. The Morgan fingerprint density at radius 2 is 1.88 bits per heavy atom. The zero-order valence-corrected chi connectivity index (χ0v) is 10.9. The molecular formula is C13H23NO3. The van der Waals surface area contributed by atoms with Crippen LogP contribution in [0, 0.1) is 0 Å². The summed E-state index contributed by atoms with van der Waals surface area (Å²) in [5.74, 6) is 0.0460. The van der Waals surface area contributed by atoms with Crippen LogP contribution < -0.4 is 5.32 Å². The fraction of sp³-hybridized carbons (Fsp3) is 0.846. The molecule has 0 bridgehead atoms. The summed E-state index contributed by atoms with van der Waals surface area (Å²) in [4.78, 5) is 23.3. The van der Waals surface area contributed by atoms with Gasteiger partial charge >= 0.3 is 6.09 Å². The number of amides is 1. The zero-order valence-electron chi connectivity index (χ0n) is 10.9. The Labute approximate surface area is 103 Å². The lowest BCUT2D eigenvalue weighted by Gasteiger charge is -2.35. The van der Waals surface area contributed by atoms with Crippen molar-refractivity contribution in [3.05, 3.63) is 0 Å². The third-order valence-corrected chi connectivity index (χ3v) is 3.45. The molecule has 0 aromatic carbocycles. The van der Waals surface area contributed by atoms with Gasteiger partial charge in [0.1, 0.15) is 5.54 Å². The Bertz CT molecular complexity index is 270. The van der Waals surface area contributed by atoms with Crippen LogP contribution in [-0.4, -0.2) is 24.0 Å². The van der Waals surface area contributed by atoms with E-state index >= 15 is 0 Å². The van der Waals surface area contributed by atoms with Crippen molar-refractivity contribution in [2.75, 3.05) is 6.61 Å². The third-order valence-electron chi connectivity index (χ3n) is 3.45. The highest BCUT2D eigenvalue weighted by Crippen LogP contribution is 2.29. The molecule has 1 fully saturated rings. The molecule has 0 aromatic rings. The minimum absolute atomic E-state index is 0.0460. The van der Waals surface area contributed by atoms with E-state index in [0.29, 0.717) is 6.61 Å². The molecule has 1 amide bonds. The molecule has 0 aliphatic heterocycles. The average Bonchev–Trinajstić information content (AvgIpc) is 2.30. The summed E-state index contributed by atoms with van der Waals surface area (Å²) in [5, 5.41) is 2.78. The van der Waals surface area contributed by atoms with Gasteiger partial charge in [0.2, 0.25) is 0 Å². The molecule has 0 radical (unpaired) electrons. The highest BCUT2D eigenvalue weighted by molar-refractivity contribution is 5.89. The second kappa shape index (κ2) is 6.62. The molecule has 0 atom stereocenters. The predicted octanol–water partition coefficient (Wildman–Crippen LogP) is 2.80. The first-order valence-corrected chi connectivity index (χ1v) is 6.57. The van der Waals surface area contributed by atoms with Gasteiger partial charge in [-0.15, -0.1) is 0 Å². The van der Waals surface area contributed by atoms with Crippen LogP contribution in [0.25, 0.3) is 0 Å². The number of rotatable bonds is 5. The summed E-state index contributed by atoms with van der Waals surface area (Å²) in [6, 6.07) is 0. The molecule has 0 aromatic heterocycles. The first-order chi connectivity index (χ1) is 8.10. The number of alkyl carbamates (subject to hydrolysis) is 1. The summed E-state index contributed by atoms with van der Waals surface area (Å²) in [6.07, 6.45) is 6.02. The van der Waals surface area contributed by atoms with Crippen LogP contribution in [0.3, 0.4) is 0 Å². The summed E-state index contributed by atoms with van der Waals surface area (Å²) in [5.41, 5.74) is -0.665. The van der Waals surface area contributed by atoms with Gasteiger partial charge in [-0.05, 0) is 26.2 Å². The topological polar surface area (TPSA) is 55.4 Å². The number of nitrogens with one attached hydrogen (secondary N) is 1. The molecule has 1 aliphatic carbocycles. The van der Waals surface area contributed by atoms with Crippen LogP contribution in [0.15, 0.2) is 0 Å². The van der Waals surface area contributed by atoms with Gasteiger partial charge in [0.05, 0.1) is 6.61 Å². The van der Waals surface area contributed by atoms with E-state index in [1.54, 1.807) is 6.92 Å². The highest BCUT2D eigenvalue weighted by Gasteiger charge is 2.38. The van der Waals surface area contributed by atoms with Crippen molar-refractivity contribution in [2.24, 2.45) is 0 Å². The van der Waals surface area contributed by atoms with Gasteiger partial charge < -0.3 is 10.1 Å². The van der Waals surface area contributed by atoms with E-state index in [9.17, 15) is 9.59 Å². The Balaban J connectivity index is 2.48. The normalized spacial score (nSPS) is 18.5. The quantitative estimate of drug-likeness (QED) is 0.753. The molecule has 4 nitrogen and oxygen atoms in total. The SMILES string of the molecule is CCCCOC(=O)NC1(C(C)=O)CCCCC1. The van der Waals surface area contributed by atoms with Crippen molar-refractivity contribution >= 4 is 11.9 Å². The minimum Gasteiger partial charge on any atom is -0.450 e. The molecule has 0 unspecified atom stereocenters. The fourth-order valence-electron chi connectivity index (χ4n) is 2.26. The van der Waals surface area contributed by atoms with Gasteiger partial charge in [0, 0.05) is 0 Å². The largest absolute Gasteiger partial charge is 0.450 e. The van der Waals surface area contributed by atoms with Crippen molar-refractivity contribution in [3.8, 4) is 0 Å². The lowest BCUT2D eigenvalue weighted by molar-refractivity contribution is -0.124. The Morgan fingerprint density at radius 1 is 1.24 bits per heavy atom. The van der Waals surface area contributed by atoms with E-state index in [1.807, 2.05) is 6.92 Å². The third kappa shape index (κ3) is 4.02. The Hall–Kier alpha value is -1.06. The van der Waals surface area contributed by atoms with E-state index < -0.39 is 11.6 Å². The zero-order chi connectivity index (χ0) is 12.7. The summed E-state index contributed by atoms with van der Waals surface area (Å²) in [6.45, 7) is 4.02. The lowest BCUT2D eigenvalue weighted by Crippen LogP contribution is -2.54. The number of ketones is 1. The lowest BCUT2D eigenvalue weighted by atomic mass is 9.79. The molecule has 1 N–H and O–H groups in total. The molecule has 1 saturated carbocycles. The maximum Gasteiger partial charge on any atom is 0.407 e. The number of Topliss-reactive ketones (excluding diaryl/α,β-unsaturated/α-hetero) is 1. The monoisotopic (exact) mass is 241 g/mol. The first kappa shape index (κ1) is 14.0. The minimum atomic E-state index is -0.665. The van der Waals surface area contributed by atoms with E-state index in [-0.39, 0.29) is 5.78 Å². The van der Waals surface area contributed by atoms with Crippen LogP contribution >= 0.6 is 0 Å². The second-order valence-corrected chi connectivity index (χ2v) is 4.81. The van der Waals surface area contributed by atoms with E-state index in [1.165, 1.54) is 0 Å². The summed E-state index contributed by atoms with van der Waals surface area (Å²) in [7, 11) is 0. The van der Waals surface area contributed by atoms with Crippen LogP contribution in [0.4, 0.5) is 4.79 Å². The first-order valence-electron chi connectivity index (χ1n) is 6.57. The second-order valence-electron chi connectivity index (χ2n) is 4.81. The molecule has 1 rings (SSSR count). The molecule has 98 valence electrons. The van der Waals surface area contributed by atoms with Crippen molar-refractivity contribution in [2.45, 2.75) is 64.3 Å². The van der Waals surface area contributed by atoms with Crippen molar-refractivity contribution in [3.63, 3.8) is 0 Å². The molecular weight excluding hydrogens is 218 g/mol. The number of unbranched alkanes of at least 4 members (excludes halogenated alkanes) is 1. The van der Waals surface area contributed by atoms with Crippen LogP contribution in [0.2, 0.25) is 0 Å². The van der Waals surface area contributed by atoms with Gasteiger partial charge in [-0.3, -0.25) is 4.79 Å².